The zero-order chi connectivity index (χ0) is 22.8. The van der Waals surface area contributed by atoms with Crippen molar-refractivity contribution >= 4 is 40.5 Å². The van der Waals surface area contributed by atoms with E-state index in [1.807, 2.05) is 24.3 Å². The zero-order valence-corrected chi connectivity index (χ0v) is 18.3. The van der Waals surface area contributed by atoms with Crippen molar-refractivity contribution in [3.8, 4) is 0 Å². The van der Waals surface area contributed by atoms with E-state index in [1.165, 1.54) is 21.9 Å². The smallest absolute Gasteiger partial charge is 0.423 e. The topological polar surface area (TPSA) is 48.2 Å². The summed E-state index contributed by atoms with van der Waals surface area (Å²) in [6.45, 7) is 5.27. The Hall–Kier alpha value is -3.80. The summed E-state index contributed by atoms with van der Waals surface area (Å²) >= 11 is 0. The van der Waals surface area contributed by atoms with E-state index in [9.17, 15) is 10.0 Å². The Morgan fingerprint density at radius 3 is 1.88 bits per heavy atom. The Kier molecular flexibility index (Phi) is 5.74. The Bertz CT molecular complexity index is 1460. The third kappa shape index (κ3) is 4.29. The van der Waals surface area contributed by atoms with Gasteiger partial charge in [-0.05, 0) is 23.2 Å². The fourth-order valence-electron chi connectivity index (χ4n) is 4.39. The molecule has 0 saturated heterocycles. The molecule has 5 aromatic rings. The highest BCUT2D eigenvalue weighted by Gasteiger charge is 2.18. The van der Waals surface area contributed by atoms with Gasteiger partial charge in [-0.25, -0.2) is 0 Å². The van der Waals surface area contributed by atoms with Crippen LogP contribution >= 0.6 is 0 Å². The first kappa shape index (κ1) is 21.1. The summed E-state index contributed by atoms with van der Waals surface area (Å²) in [4.78, 5) is 0. The molecule has 0 saturated carbocycles. The van der Waals surface area contributed by atoms with Crippen LogP contribution in [-0.4, -0.2) is 17.2 Å². The van der Waals surface area contributed by atoms with Gasteiger partial charge in [-0.2, -0.15) is 9.13 Å². The molecule has 33 heavy (non-hydrogen) atoms. The minimum absolute atomic E-state index is 0.501. The standard InChI is InChI=1S/C28H25BN2O2/c1-2-21-10-12-22(13-11-21)19-30-16-4-8-25-26-9-5-17-31(28(26)15-14-27(25)30)20-23-6-3-7-24(18-23)29(32)33/h2-18,32-33H,1,19-20H2/q+2. The molecule has 4 nitrogen and oxygen atoms in total. The van der Waals surface area contributed by atoms with E-state index in [-0.39, 0.29) is 0 Å². The average molecular weight is 432 g/mol. The number of fused-ring (bicyclic) bond motifs is 3. The van der Waals surface area contributed by atoms with Gasteiger partial charge in [0.15, 0.2) is 25.5 Å². The first-order valence-electron chi connectivity index (χ1n) is 11.0. The molecule has 0 spiro atoms. The van der Waals surface area contributed by atoms with E-state index in [2.05, 4.69) is 88.8 Å². The lowest BCUT2D eigenvalue weighted by Crippen LogP contribution is -2.37. The summed E-state index contributed by atoms with van der Waals surface area (Å²) in [6, 6.07) is 28.7. The van der Waals surface area contributed by atoms with Gasteiger partial charge in [0, 0.05) is 35.4 Å². The molecule has 0 unspecified atom stereocenters. The van der Waals surface area contributed by atoms with E-state index < -0.39 is 7.12 Å². The molecule has 5 rings (SSSR count). The number of pyridine rings is 2. The van der Waals surface area contributed by atoms with E-state index in [4.69, 9.17) is 0 Å². The summed E-state index contributed by atoms with van der Waals surface area (Å²) < 4.78 is 4.48. The van der Waals surface area contributed by atoms with Crippen molar-refractivity contribution in [3.63, 3.8) is 0 Å². The van der Waals surface area contributed by atoms with Gasteiger partial charge in [0.1, 0.15) is 0 Å². The molecule has 0 radical (unpaired) electrons. The lowest BCUT2D eigenvalue weighted by Gasteiger charge is -2.07. The van der Waals surface area contributed by atoms with Crippen LogP contribution in [0.25, 0.3) is 27.9 Å². The fraction of sp³-hybridized carbons (Fsp3) is 0.0714. The molecule has 0 aliphatic heterocycles. The van der Waals surface area contributed by atoms with Crippen molar-refractivity contribution in [2.45, 2.75) is 13.1 Å². The number of rotatable bonds is 6. The van der Waals surface area contributed by atoms with Crippen LogP contribution < -0.4 is 14.6 Å². The second-order valence-corrected chi connectivity index (χ2v) is 8.27. The lowest BCUT2D eigenvalue weighted by molar-refractivity contribution is -0.664. The minimum Gasteiger partial charge on any atom is -0.423 e. The summed E-state index contributed by atoms with van der Waals surface area (Å²) in [7, 11) is -1.46. The van der Waals surface area contributed by atoms with Crippen molar-refractivity contribution < 1.29 is 19.2 Å². The molecule has 5 heteroatoms. The number of hydrogen-bond acceptors (Lipinski definition) is 2. The number of nitrogens with zero attached hydrogens (tertiary/aromatic N) is 2. The van der Waals surface area contributed by atoms with Gasteiger partial charge in [0.05, 0.1) is 10.8 Å². The highest BCUT2D eigenvalue weighted by Crippen LogP contribution is 2.21. The molecule has 160 valence electrons. The molecule has 0 aliphatic carbocycles. The van der Waals surface area contributed by atoms with Crippen LogP contribution in [0, 0.1) is 0 Å². The SMILES string of the molecule is C=Cc1ccc(C[n+]2cccc3c4ccc[n+](Cc5cccc(B(O)O)c5)c4ccc32)cc1. The van der Waals surface area contributed by atoms with Gasteiger partial charge in [-0.1, -0.05) is 61.2 Å². The molecule has 3 aromatic carbocycles. The fourth-order valence-corrected chi connectivity index (χ4v) is 4.39. The van der Waals surface area contributed by atoms with Crippen LogP contribution in [-0.2, 0) is 13.1 Å². The molecule has 2 aromatic heterocycles. The molecule has 0 atom stereocenters. The molecular weight excluding hydrogens is 407 g/mol. The van der Waals surface area contributed by atoms with Gasteiger partial charge < -0.3 is 10.0 Å². The summed E-state index contributed by atoms with van der Waals surface area (Å²) in [5.74, 6) is 0. The van der Waals surface area contributed by atoms with Crippen molar-refractivity contribution in [1.29, 1.82) is 0 Å². The van der Waals surface area contributed by atoms with E-state index >= 15 is 0 Å². The maximum Gasteiger partial charge on any atom is 0.488 e. The molecule has 0 bridgehead atoms. The van der Waals surface area contributed by atoms with Gasteiger partial charge in [0.2, 0.25) is 11.0 Å². The number of hydrogen-bond donors (Lipinski definition) is 2. The largest absolute Gasteiger partial charge is 0.488 e. The second kappa shape index (κ2) is 8.98. The lowest BCUT2D eigenvalue weighted by atomic mass is 9.79. The maximum atomic E-state index is 9.50. The van der Waals surface area contributed by atoms with Crippen LogP contribution in [0.2, 0.25) is 0 Å². The van der Waals surface area contributed by atoms with Crippen molar-refractivity contribution in [1.82, 2.24) is 0 Å². The Morgan fingerprint density at radius 1 is 0.697 bits per heavy atom. The van der Waals surface area contributed by atoms with E-state index in [1.54, 1.807) is 6.07 Å². The van der Waals surface area contributed by atoms with Crippen LogP contribution in [0.5, 0.6) is 0 Å². The molecule has 0 fully saturated rings. The molecule has 0 amide bonds. The highest BCUT2D eigenvalue weighted by molar-refractivity contribution is 6.58. The Morgan fingerprint density at radius 2 is 1.30 bits per heavy atom. The minimum atomic E-state index is -1.46. The van der Waals surface area contributed by atoms with Gasteiger partial charge in [-0.15, -0.1) is 0 Å². The number of benzene rings is 3. The summed E-state index contributed by atoms with van der Waals surface area (Å²) in [5, 5.41) is 21.4. The quantitative estimate of drug-likeness (QED) is 0.246. The van der Waals surface area contributed by atoms with Gasteiger partial charge in [0.25, 0.3) is 0 Å². The predicted octanol–water partition coefficient (Wildman–Crippen LogP) is 2.99. The first-order chi connectivity index (χ1) is 16.1. The Labute approximate surface area is 193 Å². The van der Waals surface area contributed by atoms with Crippen LogP contribution in [0.15, 0.2) is 104 Å². The number of aromatic nitrogens is 2. The van der Waals surface area contributed by atoms with Gasteiger partial charge in [-0.3, -0.25) is 0 Å². The third-order valence-corrected chi connectivity index (χ3v) is 6.09. The van der Waals surface area contributed by atoms with Crippen molar-refractivity contribution in [3.05, 3.63) is 121 Å². The second-order valence-electron chi connectivity index (χ2n) is 8.27. The molecule has 0 aliphatic rings. The average Bonchev–Trinajstić information content (AvgIpc) is 2.85. The van der Waals surface area contributed by atoms with Crippen LogP contribution in [0.3, 0.4) is 0 Å². The summed E-state index contributed by atoms with van der Waals surface area (Å²) in [5.41, 5.74) is 6.20. The molecular formula is C28H25BN2O2+2. The molecule has 2 N–H and O–H groups in total. The molecule has 2 heterocycles. The third-order valence-electron chi connectivity index (χ3n) is 6.09. The van der Waals surface area contributed by atoms with E-state index in [0.29, 0.717) is 12.0 Å². The van der Waals surface area contributed by atoms with Gasteiger partial charge >= 0.3 is 7.12 Å². The van der Waals surface area contributed by atoms with Crippen molar-refractivity contribution in [2.75, 3.05) is 0 Å². The van der Waals surface area contributed by atoms with Crippen molar-refractivity contribution in [2.24, 2.45) is 0 Å². The highest BCUT2D eigenvalue weighted by atomic mass is 16.4. The normalized spacial score (nSPS) is 11.1. The predicted molar refractivity (Wildman–Crippen MR) is 133 cm³/mol. The van der Waals surface area contributed by atoms with Crippen LogP contribution in [0.4, 0.5) is 0 Å². The maximum absolute atomic E-state index is 9.50. The van der Waals surface area contributed by atoms with Crippen LogP contribution in [0.1, 0.15) is 16.7 Å². The summed E-state index contributed by atoms with van der Waals surface area (Å²) in [6.07, 6.45) is 6.05. The van der Waals surface area contributed by atoms with E-state index in [0.717, 1.165) is 23.2 Å². The zero-order valence-electron chi connectivity index (χ0n) is 18.3. The Balaban J connectivity index is 1.54. The first-order valence-corrected chi connectivity index (χ1v) is 11.0. The monoisotopic (exact) mass is 432 g/mol.